The molecular weight excluding hydrogens is 524 g/mol. The molecular formula is C20H38F3IN6O. The Kier molecular flexibility index (Phi) is 13.1. The lowest BCUT2D eigenvalue weighted by Gasteiger charge is -2.37. The van der Waals surface area contributed by atoms with Gasteiger partial charge in [-0.3, -0.25) is 19.6 Å². The van der Waals surface area contributed by atoms with Crippen molar-refractivity contribution in [1.82, 2.24) is 24.9 Å². The van der Waals surface area contributed by atoms with Crippen LogP contribution in [0.5, 0.6) is 0 Å². The Bertz CT molecular complexity index is 548. The third kappa shape index (κ3) is 11.0. The van der Waals surface area contributed by atoms with Crippen molar-refractivity contribution >= 4 is 35.8 Å². The number of halogens is 4. The molecule has 0 unspecified atom stereocenters. The summed E-state index contributed by atoms with van der Waals surface area (Å²) in [5.74, 6) is 0.954. The van der Waals surface area contributed by atoms with Crippen LogP contribution < -0.4 is 5.32 Å². The van der Waals surface area contributed by atoms with E-state index >= 15 is 0 Å². The van der Waals surface area contributed by atoms with Crippen LogP contribution in [0.25, 0.3) is 0 Å². The lowest BCUT2D eigenvalue weighted by molar-refractivity contribution is -0.142. The predicted molar refractivity (Wildman–Crippen MR) is 128 cm³/mol. The maximum absolute atomic E-state index is 12.6. The van der Waals surface area contributed by atoms with Crippen LogP contribution in [0.4, 0.5) is 13.2 Å². The molecule has 2 heterocycles. The summed E-state index contributed by atoms with van der Waals surface area (Å²) in [6, 6.07) is 0. The highest BCUT2D eigenvalue weighted by Crippen LogP contribution is 2.15. The van der Waals surface area contributed by atoms with Crippen LogP contribution >= 0.6 is 24.0 Å². The zero-order valence-corrected chi connectivity index (χ0v) is 21.1. The van der Waals surface area contributed by atoms with Crippen LogP contribution in [0.15, 0.2) is 4.99 Å². The Morgan fingerprint density at radius 1 is 1.00 bits per heavy atom. The molecule has 1 N–H and O–H groups in total. The van der Waals surface area contributed by atoms with Crippen LogP contribution in [0.2, 0.25) is 0 Å². The van der Waals surface area contributed by atoms with Crippen molar-refractivity contribution in [3.63, 3.8) is 0 Å². The molecule has 11 heteroatoms. The first-order valence-corrected chi connectivity index (χ1v) is 11.1. The van der Waals surface area contributed by atoms with E-state index in [9.17, 15) is 18.0 Å². The van der Waals surface area contributed by atoms with Crippen molar-refractivity contribution in [2.24, 2.45) is 4.99 Å². The van der Waals surface area contributed by atoms with Crippen molar-refractivity contribution in [2.45, 2.75) is 38.8 Å². The Balaban J connectivity index is 0.00000480. The molecule has 1 amide bonds. The van der Waals surface area contributed by atoms with Gasteiger partial charge >= 0.3 is 6.18 Å². The summed E-state index contributed by atoms with van der Waals surface area (Å²) in [6.07, 6.45) is 0.423. The molecule has 0 saturated carbocycles. The van der Waals surface area contributed by atoms with Crippen molar-refractivity contribution in [3.8, 4) is 0 Å². The van der Waals surface area contributed by atoms with Crippen molar-refractivity contribution in [2.75, 3.05) is 79.0 Å². The normalized spacial score (nSPS) is 19.2. The van der Waals surface area contributed by atoms with Crippen LogP contribution in [0, 0.1) is 0 Å². The van der Waals surface area contributed by atoms with E-state index in [1.807, 2.05) is 11.8 Å². The number of nitrogens with zero attached hydrogens (tertiary/aromatic N) is 5. The molecule has 182 valence electrons. The van der Waals surface area contributed by atoms with E-state index in [0.29, 0.717) is 19.6 Å². The van der Waals surface area contributed by atoms with Gasteiger partial charge in [-0.15, -0.1) is 24.0 Å². The molecule has 0 spiro atoms. The monoisotopic (exact) mass is 562 g/mol. The Labute approximate surface area is 201 Å². The summed E-state index contributed by atoms with van der Waals surface area (Å²) in [5.41, 5.74) is 0. The number of aliphatic imine (C=N–C) groups is 1. The van der Waals surface area contributed by atoms with Gasteiger partial charge in [-0.25, -0.2) is 0 Å². The first-order valence-electron chi connectivity index (χ1n) is 11.1. The molecule has 0 aromatic rings. The molecule has 0 aliphatic carbocycles. The molecule has 0 aromatic carbocycles. The second kappa shape index (κ2) is 14.4. The van der Waals surface area contributed by atoms with Gasteiger partial charge in [0, 0.05) is 52.4 Å². The van der Waals surface area contributed by atoms with Gasteiger partial charge in [-0.1, -0.05) is 12.8 Å². The van der Waals surface area contributed by atoms with E-state index in [0.717, 1.165) is 58.1 Å². The molecule has 0 atom stereocenters. The average molecular weight is 562 g/mol. The van der Waals surface area contributed by atoms with E-state index in [1.54, 1.807) is 0 Å². The number of hydrogen-bond acceptors (Lipinski definition) is 4. The average Bonchev–Trinajstić information content (AvgIpc) is 2.96. The van der Waals surface area contributed by atoms with Crippen LogP contribution in [0.3, 0.4) is 0 Å². The molecule has 2 aliphatic rings. The number of rotatable bonds is 7. The zero-order valence-electron chi connectivity index (χ0n) is 18.8. The number of carbonyl (C=O) groups excluding carboxylic acids is 1. The maximum atomic E-state index is 12.6. The van der Waals surface area contributed by atoms with E-state index in [2.05, 4.69) is 20.1 Å². The number of likely N-dealkylation sites (tertiary alicyclic amines) is 1. The largest absolute Gasteiger partial charge is 0.401 e. The summed E-state index contributed by atoms with van der Waals surface area (Å²) < 4.78 is 37.3. The van der Waals surface area contributed by atoms with Gasteiger partial charge in [0.1, 0.15) is 0 Å². The smallest absolute Gasteiger partial charge is 0.357 e. The molecule has 2 rings (SSSR count). The third-order valence-corrected chi connectivity index (χ3v) is 5.52. The van der Waals surface area contributed by atoms with Gasteiger partial charge < -0.3 is 15.1 Å². The number of nitrogens with one attached hydrogen (secondary N) is 1. The number of piperazine rings is 1. The SMILES string of the molecule is CCNC(=NCCN(C)CC(F)(F)F)N1CCN(CC(=O)N2CCCCCC2)CC1.I. The number of hydrogen-bond donors (Lipinski definition) is 1. The molecule has 31 heavy (non-hydrogen) atoms. The summed E-state index contributed by atoms with van der Waals surface area (Å²) in [6.45, 7) is 7.56. The van der Waals surface area contributed by atoms with Crippen LogP contribution in [-0.4, -0.2) is 117 Å². The second-order valence-electron chi connectivity index (χ2n) is 8.15. The van der Waals surface area contributed by atoms with Crippen LogP contribution in [0.1, 0.15) is 32.6 Å². The Hall–Kier alpha value is -0.820. The fourth-order valence-electron chi connectivity index (χ4n) is 3.87. The topological polar surface area (TPSA) is 54.4 Å². The highest BCUT2D eigenvalue weighted by Gasteiger charge is 2.29. The predicted octanol–water partition coefficient (Wildman–Crippen LogP) is 2.08. The Morgan fingerprint density at radius 2 is 1.61 bits per heavy atom. The van der Waals surface area contributed by atoms with Gasteiger partial charge in [0.2, 0.25) is 5.91 Å². The van der Waals surface area contributed by atoms with E-state index in [1.165, 1.54) is 24.8 Å². The summed E-state index contributed by atoms with van der Waals surface area (Å²) in [4.78, 5) is 24.6. The van der Waals surface area contributed by atoms with Gasteiger partial charge in [-0.05, 0) is 26.8 Å². The number of amides is 1. The quantitative estimate of drug-likeness (QED) is 0.293. The minimum absolute atomic E-state index is 0. The Morgan fingerprint density at radius 3 is 2.16 bits per heavy atom. The summed E-state index contributed by atoms with van der Waals surface area (Å²) in [7, 11) is 1.45. The molecule has 0 radical (unpaired) electrons. The maximum Gasteiger partial charge on any atom is 0.401 e. The van der Waals surface area contributed by atoms with Crippen molar-refractivity contribution < 1.29 is 18.0 Å². The lowest BCUT2D eigenvalue weighted by atomic mass is 10.2. The van der Waals surface area contributed by atoms with E-state index in [4.69, 9.17) is 0 Å². The lowest BCUT2D eigenvalue weighted by Crippen LogP contribution is -2.54. The fourth-order valence-corrected chi connectivity index (χ4v) is 3.87. The first kappa shape index (κ1) is 28.2. The highest BCUT2D eigenvalue weighted by atomic mass is 127. The number of carbonyl (C=O) groups is 1. The van der Waals surface area contributed by atoms with Crippen molar-refractivity contribution in [1.29, 1.82) is 0 Å². The minimum Gasteiger partial charge on any atom is -0.357 e. The molecule has 7 nitrogen and oxygen atoms in total. The van der Waals surface area contributed by atoms with Crippen molar-refractivity contribution in [3.05, 3.63) is 0 Å². The standard InChI is InChI=1S/C20H37F3N6O.HI/c1-3-24-19(25-8-11-26(2)17-20(21,22)23)29-14-12-27(13-15-29)16-18(30)28-9-6-4-5-7-10-28;/h3-17H2,1-2H3,(H,24,25);1H. The molecule has 0 bridgehead atoms. The van der Waals surface area contributed by atoms with Crippen LogP contribution in [-0.2, 0) is 4.79 Å². The molecule has 2 fully saturated rings. The van der Waals surface area contributed by atoms with Gasteiger partial charge in [0.05, 0.1) is 19.6 Å². The van der Waals surface area contributed by atoms with E-state index < -0.39 is 12.7 Å². The number of guanidine groups is 1. The van der Waals surface area contributed by atoms with Gasteiger partial charge in [-0.2, -0.15) is 13.2 Å². The van der Waals surface area contributed by atoms with Gasteiger partial charge in [0.15, 0.2) is 5.96 Å². The molecule has 2 aliphatic heterocycles. The zero-order chi connectivity index (χ0) is 22.0. The van der Waals surface area contributed by atoms with E-state index in [-0.39, 0.29) is 36.4 Å². The van der Waals surface area contributed by atoms with Gasteiger partial charge in [0.25, 0.3) is 0 Å². The minimum atomic E-state index is -4.19. The number of alkyl halides is 3. The summed E-state index contributed by atoms with van der Waals surface area (Å²) >= 11 is 0. The third-order valence-electron chi connectivity index (χ3n) is 5.52. The fraction of sp³-hybridized carbons (Fsp3) is 0.900. The second-order valence-corrected chi connectivity index (χ2v) is 8.15. The number of likely N-dealkylation sites (N-methyl/N-ethyl adjacent to an activating group) is 1. The first-order chi connectivity index (χ1) is 14.3. The highest BCUT2D eigenvalue weighted by molar-refractivity contribution is 14.0. The molecule has 2 saturated heterocycles. The summed E-state index contributed by atoms with van der Waals surface area (Å²) in [5, 5.41) is 3.23. The molecule has 0 aromatic heterocycles.